The minimum Gasteiger partial charge on any atom is -0.496 e. The van der Waals surface area contributed by atoms with Crippen LogP contribution in [0.25, 0.3) is 0 Å². The lowest BCUT2D eigenvalue weighted by Gasteiger charge is -2.39. The van der Waals surface area contributed by atoms with E-state index in [1.54, 1.807) is 28.4 Å². The van der Waals surface area contributed by atoms with E-state index in [-0.39, 0.29) is 11.6 Å². The Labute approximate surface area is 220 Å². The molecule has 0 saturated carbocycles. The van der Waals surface area contributed by atoms with Gasteiger partial charge in [-0.1, -0.05) is 48.5 Å². The predicted molar refractivity (Wildman–Crippen MR) is 143 cm³/mol. The largest absolute Gasteiger partial charge is 0.496 e. The Balaban J connectivity index is 1.81. The molecule has 0 heterocycles. The molecule has 0 spiro atoms. The molecule has 0 bridgehead atoms. The second-order valence-corrected chi connectivity index (χ2v) is 9.30. The number of methoxy groups -OCH3 is 4. The van der Waals surface area contributed by atoms with Gasteiger partial charge in [-0.25, -0.2) is 0 Å². The Morgan fingerprint density at radius 1 is 0.421 bits per heavy atom. The highest BCUT2D eigenvalue weighted by molar-refractivity contribution is 6.15. The van der Waals surface area contributed by atoms with E-state index < -0.39 is 11.8 Å². The minimum absolute atomic E-state index is 0.101. The lowest BCUT2D eigenvalue weighted by atomic mass is 9.63. The summed E-state index contributed by atoms with van der Waals surface area (Å²) in [5, 5.41) is 0. The number of carbonyl (C=O) groups is 2. The molecule has 2 aliphatic carbocycles. The van der Waals surface area contributed by atoms with E-state index in [0.29, 0.717) is 45.3 Å². The summed E-state index contributed by atoms with van der Waals surface area (Å²) in [6.45, 7) is 0. The third kappa shape index (κ3) is 3.19. The van der Waals surface area contributed by atoms with Crippen LogP contribution in [0.3, 0.4) is 0 Å². The molecule has 6 rings (SSSR count). The number of hydrogen-bond donors (Lipinski definition) is 0. The lowest BCUT2D eigenvalue weighted by Crippen LogP contribution is -2.30. The molecule has 0 fully saturated rings. The van der Waals surface area contributed by atoms with Crippen LogP contribution < -0.4 is 18.9 Å². The summed E-state index contributed by atoms with van der Waals surface area (Å²) in [6, 6.07) is 22.1. The van der Waals surface area contributed by atoms with E-state index in [1.807, 2.05) is 72.8 Å². The van der Waals surface area contributed by atoms with E-state index in [0.717, 1.165) is 22.3 Å². The van der Waals surface area contributed by atoms with E-state index >= 15 is 0 Å². The van der Waals surface area contributed by atoms with Gasteiger partial charge in [0.1, 0.15) is 23.0 Å². The van der Waals surface area contributed by atoms with Gasteiger partial charge in [-0.3, -0.25) is 9.59 Å². The van der Waals surface area contributed by atoms with E-state index in [2.05, 4.69) is 0 Å². The number of carbonyl (C=O) groups excluding carboxylic acids is 2. The number of hydrogen-bond acceptors (Lipinski definition) is 6. The molecule has 0 aromatic heterocycles. The van der Waals surface area contributed by atoms with E-state index in [9.17, 15) is 9.59 Å². The average Bonchev–Trinajstić information content (AvgIpc) is 2.97. The first kappa shape index (κ1) is 23.8. The van der Waals surface area contributed by atoms with Crippen LogP contribution in [-0.2, 0) is 0 Å². The van der Waals surface area contributed by atoms with Crippen LogP contribution in [0.1, 0.15) is 65.9 Å². The number of benzene rings is 4. The molecule has 6 nitrogen and oxygen atoms in total. The first-order valence-corrected chi connectivity index (χ1v) is 12.3. The highest BCUT2D eigenvalue weighted by atomic mass is 16.5. The Kier molecular flexibility index (Phi) is 5.68. The van der Waals surface area contributed by atoms with Gasteiger partial charge < -0.3 is 18.9 Å². The number of fused-ring (bicyclic) bond motifs is 4. The molecule has 0 amide bonds. The maximum absolute atomic E-state index is 13.8. The van der Waals surface area contributed by atoms with Crippen molar-refractivity contribution in [2.24, 2.45) is 0 Å². The molecule has 0 N–H and O–H groups in total. The molecule has 38 heavy (non-hydrogen) atoms. The summed E-state index contributed by atoms with van der Waals surface area (Å²) in [5.41, 5.74) is 5.19. The Hall–Kier alpha value is -4.58. The zero-order valence-corrected chi connectivity index (χ0v) is 21.5. The highest BCUT2D eigenvalue weighted by Crippen LogP contribution is 2.58. The third-order valence-corrected chi connectivity index (χ3v) is 7.70. The quantitative estimate of drug-likeness (QED) is 0.342. The van der Waals surface area contributed by atoms with Crippen molar-refractivity contribution in [2.45, 2.75) is 11.8 Å². The first-order chi connectivity index (χ1) is 18.5. The highest BCUT2D eigenvalue weighted by Gasteiger charge is 2.47. The van der Waals surface area contributed by atoms with Crippen molar-refractivity contribution in [3.05, 3.63) is 117 Å². The van der Waals surface area contributed by atoms with Crippen molar-refractivity contribution in [1.82, 2.24) is 0 Å². The van der Waals surface area contributed by atoms with Crippen LogP contribution in [0.15, 0.2) is 72.8 Å². The summed E-state index contributed by atoms with van der Waals surface area (Å²) < 4.78 is 23.4. The molecular weight excluding hydrogens is 480 g/mol. The second kappa shape index (κ2) is 9.06. The fraction of sp³-hybridized carbons (Fsp3) is 0.188. The molecule has 2 aliphatic rings. The second-order valence-electron chi connectivity index (χ2n) is 9.30. The van der Waals surface area contributed by atoms with Crippen LogP contribution in [0.4, 0.5) is 0 Å². The predicted octanol–water partition coefficient (Wildman–Crippen LogP) is 5.77. The van der Waals surface area contributed by atoms with Gasteiger partial charge in [0, 0.05) is 56.3 Å². The molecule has 6 heteroatoms. The van der Waals surface area contributed by atoms with Crippen molar-refractivity contribution >= 4 is 11.6 Å². The van der Waals surface area contributed by atoms with Gasteiger partial charge in [0.2, 0.25) is 0 Å². The monoisotopic (exact) mass is 506 g/mol. The minimum atomic E-state index is -0.455. The fourth-order valence-corrected chi connectivity index (χ4v) is 6.21. The Morgan fingerprint density at radius 3 is 0.868 bits per heavy atom. The standard InChI is InChI=1S/C32H26O6/c1-35-21-13-5-9-17-25(21)29(26-18(31(17)33)10-6-14-22(26)36-2)30-27-19(11-7-15-23(27)37-3)32(34)20-12-8-16-24(38-4)28(20)30/h5-16,29-30H,1-4H3. The summed E-state index contributed by atoms with van der Waals surface area (Å²) in [7, 11) is 6.40. The van der Waals surface area contributed by atoms with Crippen LogP contribution in [-0.4, -0.2) is 40.0 Å². The van der Waals surface area contributed by atoms with Gasteiger partial charge in [-0.05, 0) is 24.3 Å². The van der Waals surface area contributed by atoms with Gasteiger partial charge in [0.25, 0.3) is 0 Å². The summed E-state index contributed by atoms with van der Waals surface area (Å²) >= 11 is 0. The maximum atomic E-state index is 13.8. The lowest BCUT2D eigenvalue weighted by molar-refractivity contribution is 0.102. The smallest absolute Gasteiger partial charge is 0.193 e. The molecule has 0 saturated heterocycles. The number of ether oxygens (including phenoxy) is 4. The van der Waals surface area contributed by atoms with Crippen LogP contribution >= 0.6 is 0 Å². The molecule has 190 valence electrons. The first-order valence-electron chi connectivity index (χ1n) is 12.3. The summed E-state index contributed by atoms with van der Waals surface area (Å²) in [6.07, 6.45) is 0. The molecule has 0 aliphatic heterocycles. The van der Waals surface area contributed by atoms with Crippen molar-refractivity contribution in [3.8, 4) is 23.0 Å². The van der Waals surface area contributed by atoms with Crippen LogP contribution in [0.2, 0.25) is 0 Å². The molecule has 0 atom stereocenters. The van der Waals surface area contributed by atoms with Crippen molar-refractivity contribution in [2.75, 3.05) is 28.4 Å². The van der Waals surface area contributed by atoms with Gasteiger partial charge >= 0.3 is 0 Å². The number of rotatable bonds is 5. The molecule has 0 unspecified atom stereocenters. The molecular formula is C32H26O6. The topological polar surface area (TPSA) is 71.1 Å². The SMILES string of the molecule is COc1cccc2c1C(C1c3c(OC)cccc3C(=O)c3cccc(OC)c31)c1c(OC)cccc1C2=O. The maximum Gasteiger partial charge on any atom is 0.193 e. The third-order valence-electron chi connectivity index (χ3n) is 7.70. The average molecular weight is 507 g/mol. The van der Waals surface area contributed by atoms with Crippen molar-refractivity contribution in [3.63, 3.8) is 0 Å². The van der Waals surface area contributed by atoms with E-state index in [4.69, 9.17) is 18.9 Å². The molecule has 0 radical (unpaired) electrons. The zero-order valence-electron chi connectivity index (χ0n) is 21.5. The van der Waals surface area contributed by atoms with Crippen molar-refractivity contribution in [1.29, 1.82) is 0 Å². The van der Waals surface area contributed by atoms with Crippen LogP contribution in [0.5, 0.6) is 23.0 Å². The Bertz CT molecular complexity index is 1380. The van der Waals surface area contributed by atoms with Crippen LogP contribution in [0, 0.1) is 0 Å². The normalized spacial score (nSPS) is 14.2. The van der Waals surface area contributed by atoms with E-state index in [1.165, 1.54) is 0 Å². The van der Waals surface area contributed by atoms with Gasteiger partial charge in [-0.15, -0.1) is 0 Å². The van der Waals surface area contributed by atoms with Gasteiger partial charge in [0.05, 0.1) is 28.4 Å². The fourth-order valence-electron chi connectivity index (χ4n) is 6.21. The molecule has 4 aromatic carbocycles. The van der Waals surface area contributed by atoms with Crippen molar-refractivity contribution < 1.29 is 28.5 Å². The number of ketones is 2. The summed E-state index contributed by atoms with van der Waals surface area (Å²) in [5.74, 6) is 1.23. The van der Waals surface area contributed by atoms with Gasteiger partial charge in [0.15, 0.2) is 11.6 Å². The summed E-state index contributed by atoms with van der Waals surface area (Å²) in [4.78, 5) is 27.7. The zero-order chi connectivity index (χ0) is 26.6. The Morgan fingerprint density at radius 2 is 0.658 bits per heavy atom. The molecule has 4 aromatic rings. The van der Waals surface area contributed by atoms with Gasteiger partial charge in [-0.2, -0.15) is 0 Å².